The first-order valence-corrected chi connectivity index (χ1v) is 9.20. The molecular formula is C22H24ClNO4. The molecule has 0 atom stereocenters. The summed E-state index contributed by atoms with van der Waals surface area (Å²) in [4.78, 5) is 11.4. The van der Waals surface area contributed by atoms with Gasteiger partial charge in [-0.3, -0.25) is 10.0 Å². The van der Waals surface area contributed by atoms with E-state index in [4.69, 9.17) is 21.5 Å². The monoisotopic (exact) mass is 401 g/mol. The van der Waals surface area contributed by atoms with Gasteiger partial charge in [0.2, 0.25) is 0 Å². The second-order valence-electron chi connectivity index (χ2n) is 6.49. The molecule has 0 fully saturated rings. The van der Waals surface area contributed by atoms with Crippen LogP contribution in [0.5, 0.6) is 5.75 Å². The molecule has 0 aliphatic carbocycles. The van der Waals surface area contributed by atoms with Crippen molar-refractivity contribution in [2.24, 2.45) is 0 Å². The van der Waals surface area contributed by atoms with Gasteiger partial charge in [0, 0.05) is 22.2 Å². The molecule has 0 heterocycles. The Morgan fingerprint density at radius 3 is 2.50 bits per heavy atom. The van der Waals surface area contributed by atoms with E-state index in [0.29, 0.717) is 29.4 Å². The molecule has 0 aliphatic rings. The van der Waals surface area contributed by atoms with Gasteiger partial charge in [0.1, 0.15) is 12.4 Å². The lowest BCUT2D eigenvalue weighted by atomic mass is 9.98. The molecule has 0 aliphatic heterocycles. The Kier molecular flexibility index (Phi) is 8.26. The van der Waals surface area contributed by atoms with E-state index in [0.717, 1.165) is 22.3 Å². The number of hydroxylamine groups is 1. The van der Waals surface area contributed by atoms with Crippen molar-refractivity contribution in [1.29, 1.82) is 0 Å². The number of amides is 1. The Bertz CT molecular complexity index is 869. The molecule has 148 valence electrons. The van der Waals surface area contributed by atoms with Crippen molar-refractivity contribution in [3.05, 3.63) is 81.4 Å². The average Bonchev–Trinajstić information content (AvgIpc) is 2.69. The number of aliphatic hydroxyl groups excluding tert-OH is 1. The predicted octanol–water partition coefficient (Wildman–Crippen LogP) is 4.44. The van der Waals surface area contributed by atoms with Crippen LogP contribution >= 0.6 is 11.6 Å². The Hall–Kier alpha value is -2.60. The van der Waals surface area contributed by atoms with Gasteiger partial charge in [-0.25, -0.2) is 5.48 Å². The van der Waals surface area contributed by atoms with Crippen LogP contribution in [0, 0.1) is 0 Å². The number of nitrogens with one attached hydrogen (secondary N) is 1. The third-order valence-corrected chi connectivity index (χ3v) is 4.35. The van der Waals surface area contributed by atoms with E-state index in [2.05, 4.69) is 6.08 Å². The maximum Gasteiger partial charge on any atom is 0.267 e. The highest BCUT2D eigenvalue weighted by Gasteiger charge is 2.13. The third-order valence-electron chi connectivity index (χ3n) is 4.09. The highest BCUT2D eigenvalue weighted by Crippen LogP contribution is 2.31. The van der Waals surface area contributed by atoms with E-state index >= 15 is 0 Å². The number of rotatable bonds is 8. The number of aliphatic hydroxyl groups is 1. The summed E-state index contributed by atoms with van der Waals surface area (Å²) in [5.41, 5.74) is 5.93. The third kappa shape index (κ3) is 6.23. The number of benzene rings is 2. The topological polar surface area (TPSA) is 78.8 Å². The quantitative estimate of drug-likeness (QED) is 0.264. The molecule has 6 heteroatoms. The lowest BCUT2D eigenvalue weighted by molar-refractivity contribution is -0.124. The summed E-state index contributed by atoms with van der Waals surface area (Å²) >= 11 is 5.93. The summed E-state index contributed by atoms with van der Waals surface area (Å²) in [5.74, 6) is -0.0540. The van der Waals surface area contributed by atoms with Crippen molar-refractivity contribution in [2.75, 3.05) is 0 Å². The molecular weight excluding hydrogens is 378 g/mol. The first-order valence-electron chi connectivity index (χ1n) is 8.83. The zero-order valence-corrected chi connectivity index (χ0v) is 16.7. The van der Waals surface area contributed by atoms with Crippen LogP contribution in [0.25, 0.3) is 6.08 Å². The second-order valence-corrected chi connectivity index (χ2v) is 6.93. The van der Waals surface area contributed by atoms with Crippen LogP contribution in [-0.4, -0.2) is 16.2 Å². The molecule has 5 nitrogen and oxygen atoms in total. The van der Waals surface area contributed by atoms with Crippen molar-refractivity contribution in [3.63, 3.8) is 0 Å². The zero-order valence-electron chi connectivity index (χ0n) is 15.9. The fraction of sp³-hybridized carbons (Fsp3) is 0.227. The summed E-state index contributed by atoms with van der Waals surface area (Å²) in [5, 5.41) is 19.1. The maximum atomic E-state index is 11.4. The fourth-order valence-corrected chi connectivity index (χ4v) is 2.73. The molecule has 2 rings (SSSR count). The second kappa shape index (κ2) is 10.7. The van der Waals surface area contributed by atoms with Gasteiger partial charge >= 0.3 is 0 Å². The molecule has 0 bridgehead atoms. The number of ether oxygens (including phenoxy) is 1. The molecule has 0 unspecified atom stereocenters. The SMILES string of the molecule is CC(C)=CCc1c(CO)ccc(/C=C\C(=O)NO)c1OCc1ccc(Cl)cc1. The number of hydrogen-bond donors (Lipinski definition) is 3. The number of allylic oxidation sites excluding steroid dienone is 2. The summed E-state index contributed by atoms with van der Waals surface area (Å²) < 4.78 is 6.11. The van der Waals surface area contributed by atoms with Crippen molar-refractivity contribution in [3.8, 4) is 5.75 Å². The largest absolute Gasteiger partial charge is 0.488 e. The normalized spacial score (nSPS) is 10.8. The molecule has 0 aromatic heterocycles. The molecule has 0 saturated carbocycles. The Morgan fingerprint density at radius 2 is 1.89 bits per heavy atom. The minimum atomic E-state index is -0.638. The van der Waals surface area contributed by atoms with Crippen LogP contribution in [-0.2, 0) is 24.4 Å². The van der Waals surface area contributed by atoms with Gasteiger partial charge in [-0.15, -0.1) is 0 Å². The van der Waals surface area contributed by atoms with Crippen molar-refractivity contribution in [2.45, 2.75) is 33.5 Å². The molecule has 28 heavy (non-hydrogen) atoms. The molecule has 0 spiro atoms. The average molecular weight is 402 g/mol. The summed E-state index contributed by atoms with van der Waals surface area (Å²) in [6.45, 7) is 4.19. The van der Waals surface area contributed by atoms with Crippen molar-refractivity contribution < 1.29 is 19.8 Å². The van der Waals surface area contributed by atoms with E-state index in [-0.39, 0.29) is 6.61 Å². The van der Waals surface area contributed by atoms with Gasteiger partial charge in [0.25, 0.3) is 5.91 Å². The lowest BCUT2D eigenvalue weighted by Gasteiger charge is -2.17. The van der Waals surface area contributed by atoms with E-state index < -0.39 is 5.91 Å². The van der Waals surface area contributed by atoms with Crippen LogP contribution in [0.2, 0.25) is 5.02 Å². The summed E-state index contributed by atoms with van der Waals surface area (Å²) in [6.07, 6.45) is 5.42. The summed E-state index contributed by atoms with van der Waals surface area (Å²) in [6, 6.07) is 10.9. The van der Waals surface area contributed by atoms with Gasteiger partial charge in [0.15, 0.2) is 0 Å². The molecule has 2 aromatic carbocycles. The number of hydrogen-bond acceptors (Lipinski definition) is 4. The molecule has 1 amide bonds. The van der Waals surface area contributed by atoms with Crippen LogP contribution in [0.3, 0.4) is 0 Å². The predicted molar refractivity (Wildman–Crippen MR) is 110 cm³/mol. The van der Waals surface area contributed by atoms with E-state index in [1.165, 1.54) is 6.08 Å². The van der Waals surface area contributed by atoms with E-state index in [9.17, 15) is 9.90 Å². The summed E-state index contributed by atoms with van der Waals surface area (Å²) in [7, 11) is 0. The Balaban J connectivity index is 2.44. The molecule has 0 radical (unpaired) electrons. The first-order chi connectivity index (χ1) is 13.4. The standard InChI is InChI=1S/C22H24ClNO4/c1-15(2)3-11-20-18(13-25)7-6-17(8-12-21(26)24-27)22(20)28-14-16-4-9-19(23)10-5-16/h3-10,12,25,27H,11,13-14H2,1-2H3,(H,24,26)/b12-8-. The van der Waals surface area contributed by atoms with Gasteiger partial charge < -0.3 is 9.84 Å². The smallest absolute Gasteiger partial charge is 0.267 e. The van der Waals surface area contributed by atoms with Crippen LogP contribution in [0.15, 0.2) is 54.1 Å². The number of carbonyl (C=O) groups is 1. The minimum Gasteiger partial charge on any atom is -0.488 e. The Morgan fingerprint density at radius 1 is 1.18 bits per heavy atom. The molecule has 3 N–H and O–H groups in total. The van der Waals surface area contributed by atoms with E-state index in [1.807, 2.05) is 26.0 Å². The van der Waals surface area contributed by atoms with Crippen molar-refractivity contribution in [1.82, 2.24) is 5.48 Å². The highest BCUT2D eigenvalue weighted by molar-refractivity contribution is 6.30. The first kappa shape index (κ1) is 21.7. The van der Waals surface area contributed by atoms with Crippen LogP contribution in [0.1, 0.15) is 36.1 Å². The molecule has 2 aromatic rings. The lowest BCUT2D eigenvalue weighted by Crippen LogP contribution is -2.14. The van der Waals surface area contributed by atoms with Gasteiger partial charge in [-0.2, -0.15) is 0 Å². The fourth-order valence-electron chi connectivity index (χ4n) is 2.61. The van der Waals surface area contributed by atoms with Gasteiger partial charge in [-0.05, 0) is 49.6 Å². The van der Waals surface area contributed by atoms with Crippen molar-refractivity contribution >= 4 is 23.6 Å². The number of carbonyl (C=O) groups excluding carboxylic acids is 1. The van der Waals surface area contributed by atoms with Crippen LogP contribution in [0.4, 0.5) is 0 Å². The highest BCUT2D eigenvalue weighted by atomic mass is 35.5. The Labute approximate surface area is 169 Å². The van der Waals surface area contributed by atoms with E-state index in [1.54, 1.807) is 35.8 Å². The minimum absolute atomic E-state index is 0.121. The van der Waals surface area contributed by atoms with Crippen LogP contribution < -0.4 is 10.2 Å². The maximum absolute atomic E-state index is 11.4. The van der Waals surface area contributed by atoms with Gasteiger partial charge in [0.05, 0.1) is 6.61 Å². The zero-order chi connectivity index (χ0) is 20.5. The number of halogens is 1. The molecule has 0 saturated heterocycles. The van der Waals surface area contributed by atoms with Gasteiger partial charge in [-0.1, -0.05) is 47.5 Å².